The Kier molecular flexibility index (Phi) is 6.57. The van der Waals surface area contributed by atoms with Crippen molar-refractivity contribution in [1.82, 2.24) is 15.1 Å². The summed E-state index contributed by atoms with van der Waals surface area (Å²) >= 11 is 0. The van der Waals surface area contributed by atoms with Gasteiger partial charge in [-0.3, -0.25) is 14.4 Å². The number of hydrogen-bond donors (Lipinski definition) is 2. The summed E-state index contributed by atoms with van der Waals surface area (Å²) in [6.07, 6.45) is 5.70. The first kappa shape index (κ1) is 19.8. The van der Waals surface area contributed by atoms with Gasteiger partial charge in [-0.05, 0) is 38.0 Å². The molecule has 0 atom stereocenters. The molecule has 1 aliphatic carbocycles. The molecule has 7 nitrogen and oxygen atoms in total. The van der Waals surface area contributed by atoms with Crippen molar-refractivity contribution in [1.29, 1.82) is 0 Å². The average molecular weight is 382 g/mol. The summed E-state index contributed by atoms with van der Waals surface area (Å²) in [5.41, 5.74) is 1.54. The Morgan fingerprint density at radius 3 is 2.50 bits per heavy atom. The lowest BCUT2D eigenvalue weighted by molar-refractivity contribution is -0.122. The van der Waals surface area contributed by atoms with Crippen molar-refractivity contribution in [3.05, 3.63) is 58.0 Å². The predicted octanol–water partition coefficient (Wildman–Crippen LogP) is 2.64. The van der Waals surface area contributed by atoms with E-state index < -0.39 is 5.91 Å². The van der Waals surface area contributed by atoms with Crippen molar-refractivity contribution in [2.75, 3.05) is 5.32 Å². The van der Waals surface area contributed by atoms with Crippen LogP contribution in [0.3, 0.4) is 0 Å². The van der Waals surface area contributed by atoms with Gasteiger partial charge in [0.15, 0.2) is 0 Å². The first-order valence-corrected chi connectivity index (χ1v) is 9.77. The second kappa shape index (κ2) is 9.30. The smallest absolute Gasteiger partial charge is 0.276 e. The van der Waals surface area contributed by atoms with Gasteiger partial charge in [0.05, 0.1) is 6.54 Å². The van der Waals surface area contributed by atoms with Crippen LogP contribution in [0.1, 0.15) is 54.6 Å². The average Bonchev–Trinajstić information content (AvgIpc) is 2.70. The van der Waals surface area contributed by atoms with E-state index in [-0.39, 0.29) is 36.2 Å². The molecule has 2 N–H and O–H groups in total. The molecule has 0 aliphatic heterocycles. The van der Waals surface area contributed by atoms with Gasteiger partial charge in [-0.15, -0.1) is 0 Å². The van der Waals surface area contributed by atoms with E-state index >= 15 is 0 Å². The Morgan fingerprint density at radius 2 is 1.79 bits per heavy atom. The minimum atomic E-state index is -0.399. The highest BCUT2D eigenvalue weighted by molar-refractivity contribution is 6.02. The normalized spacial score (nSPS) is 14.5. The molecule has 7 heteroatoms. The van der Waals surface area contributed by atoms with Gasteiger partial charge >= 0.3 is 0 Å². The number of rotatable bonds is 6. The van der Waals surface area contributed by atoms with Crippen molar-refractivity contribution in [2.45, 2.75) is 58.0 Å². The van der Waals surface area contributed by atoms with Crippen molar-refractivity contribution in [2.24, 2.45) is 0 Å². The van der Waals surface area contributed by atoms with Gasteiger partial charge in [0.2, 0.25) is 5.91 Å². The van der Waals surface area contributed by atoms with Crippen molar-refractivity contribution in [3.63, 3.8) is 0 Å². The second-order valence-corrected chi connectivity index (χ2v) is 7.25. The van der Waals surface area contributed by atoms with Gasteiger partial charge in [-0.1, -0.05) is 37.0 Å². The van der Waals surface area contributed by atoms with Gasteiger partial charge in [0.1, 0.15) is 5.69 Å². The Bertz CT molecular complexity index is 883. The molecule has 1 saturated carbocycles. The van der Waals surface area contributed by atoms with Crippen LogP contribution in [-0.4, -0.2) is 27.6 Å². The zero-order valence-electron chi connectivity index (χ0n) is 16.1. The standard InChI is InChI=1S/C21H26N4O3/c1-15-7-9-17(10-8-15)23-21(28)18-11-12-20(27)25(24-18)14-13-19(26)22-16-5-3-2-4-6-16/h7-12,16H,2-6,13-14H2,1H3,(H,22,26)(H,23,28). The summed E-state index contributed by atoms with van der Waals surface area (Å²) in [5.74, 6) is -0.487. The number of carbonyl (C=O) groups excluding carboxylic acids is 2. The van der Waals surface area contributed by atoms with Crippen LogP contribution < -0.4 is 16.2 Å². The van der Waals surface area contributed by atoms with E-state index in [0.29, 0.717) is 5.69 Å². The van der Waals surface area contributed by atoms with Crippen LogP contribution in [-0.2, 0) is 11.3 Å². The summed E-state index contributed by atoms with van der Waals surface area (Å²) in [5, 5.41) is 9.89. The van der Waals surface area contributed by atoms with Gasteiger partial charge in [0.25, 0.3) is 11.5 Å². The highest BCUT2D eigenvalue weighted by Crippen LogP contribution is 2.17. The Labute approximate surface area is 164 Å². The number of amides is 2. The van der Waals surface area contributed by atoms with E-state index in [1.807, 2.05) is 19.1 Å². The molecule has 3 rings (SSSR count). The van der Waals surface area contributed by atoms with Gasteiger partial charge in [-0.25, -0.2) is 4.68 Å². The summed E-state index contributed by atoms with van der Waals surface area (Å²) < 4.78 is 1.17. The number of benzene rings is 1. The van der Waals surface area contributed by atoms with Crippen LogP contribution in [0, 0.1) is 6.92 Å². The summed E-state index contributed by atoms with van der Waals surface area (Å²) in [6, 6.07) is 10.3. The minimum absolute atomic E-state index is 0.0879. The number of aryl methyl sites for hydroxylation is 2. The second-order valence-electron chi connectivity index (χ2n) is 7.25. The number of hydrogen-bond acceptors (Lipinski definition) is 4. The van der Waals surface area contributed by atoms with E-state index in [9.17, 15) is 14.4 Å². The molecular weight excluding hydrogens is 356 g/mol. The number of aromatic nitrogens is 2. The quantitative estimate of drug-likeness (QED) is 0.803. The molecule has 1 aliphatic rings. The molecule has 2 amide bonds. The Morgan fingerprint density at radius 1 is 1.07 bits per heavy atom. The largest absolute Gasteiger partial charge is 0.353 e. The molecule has 0 saturated heterocycles. The summed E-state index contributed by atoms with van der Waals surface area (Å²) in [6.45, 7) is 2.11. The monoisotopic (exact) mass is 382 g/mol. The Hall–Kier alpha value is -2.96. The summed E-state index contributed by atoms with van der Waals surface area (Å²) in [7, 11) is 0. The molecule has 148 valence electrons. The molecule has 0 unspecified atom stereocenters. The summed E-state index contributed by atoms with van der Waals surface area (Å²) in [4.78, 5) is 36.6. The van der Waals surface area contributed by atoms with E-state index in [1.54, 1.807) is 12.1 Å². The van der Waals surface area contributed by atoms with Crippen LogP contribution in [0.15, 0.2) is 41.2 Å². The zero-order chi connectivity index (χ0) is 19.9. The highest BCUT2D eigenvalue weighted by atomic mass is 16.2. The van der Waals surface area contributed by atoms with Crippen LogP contribution >= 0.6 is 0 Å². The van der Waals surface area contributed by atoms with Crippen LogP contribution in [0.25, 0.3) is 0 Å². The fraction of sp³-hybridized carbons (Fsp3) is 0.429. The van der Waals surface area contributed by atoms with Crippen molar-refractivity contribution in [3.8, 4) is 0 Å². The molecule has 0 spiro atoms. The third kappa shape index (κ3) is 5.52. The van der Waals surface area contributed by atoms with E-state index in [0.717, 1.165) is 31.2 Å². The van der Waals surface area contributed by atoms with Gasteiger partial charge in [0, 0.05) is 24.2 Å². The molecule has 1 aromatic carbocycles. The lowest BCUT2D eigenvalue weighted by Crippen LogP contribution is -2.37. The first-order valence-electron chi connectivity index (χ1n) is 9.77. The number of nitrogens with zero attached hydrogens (tertiary/aromatic N) is 2. The lowest BCUT2D eigenvalue weighted by Gasteiger charge is -2.22. The molecule has 1 aromatic heterocycles. The lowest BCUT2D eigenvalue weighted by atomic mass is 9.95. The maximum atomic E-state index is 12.4. The van der Waals surface area contributed by atoms with Crippen molar-refractivity contribution < 1.29 is 9.59 Å². The van der Waals surface area contributed by atoms with Gasteiger partial charge in [-0.2, -0.15) is 5.10 Å². The third-order valence-electron chi connectivity index (χ3n) is 4.93. The molecule has 2 aromatic rings. The third-order valence-corrected chi connectivity index (χ3v) is 4.93. The number of carbonyl (C=O) groups is 2. The highest BCUT2D eigenvalue weighted by Gasteiger charge is 2.16. The maximum absolute atomic E-state index is 12.4. The maximum Gasteiger partial charge on any atom is 0.276 e. The fourth-order valence-electron chi connectivity index (χ4n) is 3.32. The predicted molar refractivity (Wildman–Crippen MR) is 107 cm³/mol. The van der Waals surface area contributed by atoms with E-state index in [1.165, 1.54) is 23.2 Å². The zero-order valence-corrected chi connectivity index (χ0v) is 16.1. The molecule has 1 heterocycles. The number of nitrogens with one attached hydrogen (secondary N) is 2. The van der Waals surface area contributed by atoms with Crippen LogP contribution in [0.4, 0.5) is 5.69 Å². The minimum Gasteiger partial charge on any atom is -0.353 e. The fourth-order valence-corrected chi connectivity index (χ4v) is 3.32. The topological polar surface area (TPSA) is 93.1 Å². The number of anilines is 1. The van der Waals surface area contributed by atoms with E-state index in [4.69, 9.17) is 0 Å². The van der Waals surface area contributed by atoms with E-state index in [2.05, 4.69) is 15.7 Å². The molecule has 0 bridgehead atoms. The molecule has 1 fully saturated rings. The molecule has 28 heavy (non-hydrogen) atoms. The SMILES string of the molecule is Cc1ccc(NC(=O)c2ccc(=O)n(CCC(=O)NC3CCCCC3)n2)cc1. The van der Waals surface area contributed by atoms with Crippen molar-refractivity contribution >= 4 is 17.5 Å². The molecular formula is C21H26N4O3. The van der Waals surface area contributed by atoms with Crippen LogP contribution in [0.5, 0.6) is 0 Å². The Balaban J connectivity index is 1.59. The molecule has 0 radical (unpaired) electrons. The van der Waals surface area contributed by atoms with Crippen LogP contribution in [0.2, 0.25) is 0 Å². The van der Waals surface area contributed by atoms with Gasteiger partial charge < -0.3 is 10.6 Å². The first-order chi connectivity index (χ1) is 13.5.